The van der Waals surface area contributed by atoms with Crippen molar-refractivity contribution in [2.75, 3.05) is 5.32 Å². The van der Waals surface area contributed by atoms with Crippen LogP contribution in [0.2, 0.25) is 0 Å². The van der Waals surface area contributed by atoms with E-state index in [1.807, 2.05) is 6.92 Å². The highest BCUT2D eigenvalue weighted by Crippen LogP contribution is 2.39. The Morgan fingerprint density at radius 3 is 2.70 bits per heavy atom. The van der Waals surface area contributed by atoms with Gasteiger partial charge in [-0.2, -0.15) is 4.39 Å². The monoisotopic (exact) mass is 325 g/mol. The third kappa shape index (κ3) is 3.95. The van der Waals surface area contributed by atoms with Crippen molar-refractivity contribution in [2.45, 2.75) is 50.6 Å². The standard InChI is InChI=1S/C16H18F3N3O/c1-4-15(3,5-2)22-14(23)11-6-7-12(17)21-13(11)20-10-8-16(18,19)9-10/h1,6-7,10H,5,8-9H2,2-3H3,(H,20,21)(H,22,23). The van der Waals surface area contributed by atoms with Crippen molar-refractivity contribution in [3.8, 4) is 12.3 Å². The summed E-state index contributed by atoms with van der Waals surface area (Å²) in [5, 5.41) is 5.37. The zero-order chi connectivity index (χ0) is 17.3. The van der Waals surface area contributed by atoms with E-state index in [-0.39, 0.29) is 24.2 Å². The van der Waals surface area contributed by atoms with Crippen molar-refractivity contribution in [2.24, 2.45) is 0 Å². The predicted molar refractivity (Wildman–Crippen MR) is 80.8 cm³/mol. The van der Waals surface area contributed by atoms with Gasteiger partial charge in [-0.3, -0.25) is 4.79 Å². The van der Waals surface area contributed by atoms with Crippen molar-refractivity contribution in [3.05, 3.63) is 23.6 Å². The summed E-state index contributed by atoms with van der Waals surface area (Å²) in [7, 11) is 0. The lowest BCUT2D eigenvalue weighted by atomic mass is 9.88. The minimum atomic E-state index is -2.72. The minimum absolute atomic E-state index is 0.0570. The van der Waals surface area contributed by atoms with Crippen molar-refractivity contribution < 1.29 is 18.0 Å². The smallest absolute Gasteiger partial charge is 0.256 e. The van der Waals surface area contributed by atoms with E-state index in [0.29, 0.717) is 6.42 Å². The van der Waals surface area contributed by atoms with Crippen molar-refractivity contribution in [1.29, 1.82) is 0 Å². The molecule has 0 saturated heterocycles. The molecule has 1 atom stereocenters. The fourth-order valence-electron chi connectivity index (χ4n) is 2.23. The molecule has 1 heterocycles. The molecule has 1 amide bonds. The summed E-state index contributed by atoms with van der Waals surface area (Å²) < 4.78 is 39.2. The molecule has 1 aliphatic carbocycles. The number of amides is 1. The van der Waals surface area contributed by atoms with Crippen molar-refractivity contribution in [3.63, 3.8) is 0 Å². The van der Waals surface area contributed by atoms with E-state index in [1.54, 1.807) is 6.92 Å². The Hall–Kier alpha value is -2.23. The number of carbonyl (C=O) groups excluding carboxylic acids is 1. The zero-order valence-electron chi connectivity index (χ0n) is 12.9. The van der Waals surface area contributed by atoms with Crippen LogP contribution in [0.5, 0.6) is 0 Å². The second kappa shape index (κ2) is 6.11. The van der Waals surface area contributed by atoms with Crippen LogP contribution in [0.4, 0.5) is 19.0 Å². The van der Waals surface area contributed by atoms with Gasteiger partial charge in [-0.1, -0.05) is 12.8 Å². The number of pyridine rings is 1. The number of rotatable bonds is 5. The first kappa shape index (κ1) is 17.1. The summed E-state index contributed by atoms with van der Waals surface area (Å²) in [6.45, 7) is 3.50. The lowest BCUT2D eigenvalue weighted by Crippen LogP contribution is -2.46. The maximum Gasteiger partial charge on any atom is 0.256 e. The zero-order valence-corrected chi connectivity index (χ0v) is 12.9. The summed E-state index contributed by atoms with van der Waals surface area (Å²) in [5.41, 5.74) is -0.789. The van der Waals surface area contributed by atoms with Gasteiger partial charge < -0.3 is 10.6 Å². The first-order valence-corrected chi connectivity index (χ1v) is 7.29. The topological polar surface area (TPSA) is 54.0 Å². The van der Waals surface area contributed by atoms with Crippen LogP contribution in [-0.2, 0) is 0 Å². The second-order valence-electron chi connectivity index (χ2n) is 5.92. The summed E-state index contributed by atoms with van der Waals surface area (Å²) in [5.74, 6) is -1.63. The molecule has 1 saturated carbocycles. The molecule has 7 heteroatoms. The molecule has 124 valence electrons. The largest absolute Gasteiger partial charge is 0.366 e. The van der Waals surface area contributed by atoms with Gasteiger partial charge in [0.15, 0.2) is 0 Å². The van der Waals surface area contributed by atoms with Crippen LogP contribution in [0.3, 0.4) is 0 Å². The normalized spacial score (nSPS) is 19.1. The summed E-state index contributed by atoms with van der Waals surface area (Å²) in [4.78, 5) is 16.0. The number of anilines is 1. The Balaban J connectivity index is 2.18. The summed E-state index contributed by atoms with van der Waals surface area (Å²) in [6.07, 6.45) is 5.17. The van der Waals surface area contributed by atoms with Crippen LogP contribution in [0.1, 0.15) is 43.5 Å². The van der Waals surface area contributed by atoms with Gasteiger partial charge in [-0.05, 0) is 25.5 Å². The third-order valence-corrected chi connectivity index (χ3v) is 3.95. The molecule has 1 aromatic rings. The number of alkyl halides is 2. The number of hydrogen-bond donors (Lipinski definition) is 2. The molecule has 1 fully saturated rings. The highest BCUT2D eigenvalue weighted by atomic mass is 19.3. The highest BCUT2D eigenvalue weighted by Gasteiger charge is 2.45. The molecule has 1 aliphatic rings. The van der Waals surface area contributed by atoms with Gasteiger partial charge in [0.1, 0.15) is 5.82 Å². The molecule has 0 bridgehead atoms. The third-order valence-electron chi connectivity index (χ3n) is 3.95. The average molecular weight is 325 g/mol. The quantitative estimate of drug-likeness (QED) is 0.646. The Morgan fingerprint density at radius 1 is 1.52 bits per heavy atom. The van der Waals surface area contributed by atoms with Crippen LogP contribution < -0.4 is 10.6 Å². The Bertz CT molecular complexity index is 648. The van der Waals surface area contributed by atoms with Gasteiger partial charge in [-0.25, -0.2) is 13.8 Å². The maximum absolute atomic E-state index is 13.3. The molecule has 0 radical (unpaired) electrons. The molecule has 0 aromatic carbocycles. The van der Waals surface area contributed by atoms with Gasteiger partial charge in [0.2, 0.25) is 5.95 Å². The minimum Gasteiger partial charge on any atom is -0.366 e. The molecule has 0 spiro atoms. The van der Waals surface area contributed by atoms with Crippen LogP contribution in [-0.4, -0.2) is 28.4 Å². The molecule has 23 heavy (non-hydrogen) atoms. The van der Waals surface area contributed by atoms with Crippen molar-refractivity contribution >= 4 is 11.7 Å². The van der Waals surface area contributed by atoms with E-state index in [1.165, 1.54) is 6.07 Å². The summed E-state index contributed by atoms with van der Waals surface area (Å²) in [6, 6.07) is 1.74. The number of aromatic nitrogens is 1. The molecule has 4 nitrogen and oxygen atoms in total. The predicted octanol–water partition coefficient (Wildman–Crippen LogP) is 2.96. The number of hydrogen-bond acceptors (Lipinski definition) is 3. The first-order valence-electron chi connectivity index (χ1n) is 7.29. The SMILES string of the molecule is C#CC(C)(CC)NC(=O)c1ccc(F)nc1NC1CC(F)(F)C1. The van der Waals surface area contributed by atoms with E-state index in [2.05, 4.69) is 21.5 Å². The van der Waals surface area contributed by atoms with Gasteiger partial charge in [-0.15, -0.1) is 6.42 Å². The lowest BCUT2D eigenvalue weighted by molar-refractivity contribution is -0.0794. The maximum atomic E-state index is 13.3. The number of nitrogens with one attached hydrogen (secondary N) is 2. The average Bonchev–Trinajstić information content (AvgIpc) is 2.45. The number of nitrogens with zero attached hydrogens (tertiary/aromatic N) is 1. The Morgan fingerprint density at radius 2 is 2.17 bits per heavy atom. The van der Waals surface area contributed by atoms with Crippen LogP contribution >= 0.6 is 0 Å². The Kier molecular flexibility index (Phi) is 4.55. The fraction of sp³-hybridized carbons (Fsp3) is 0.500. The molecule has 1 aromatic heterocycles. The van der Waals surface area contributed by atoms with Crippen molar-refractivity contribution in [1.82, 2.24) is 10.3 Å². The lowest BCUT2D eigenvalue weighted by Gasteiger charge is -2.36. The van der Waals surface area contributed by atoms with E-state index < -0.39 is 29.4 Å². The second-order valence-corrected chi connectivity index (χ2v) is 5.92. The van der Waals surface area contributed by atoms with E-state index >= 15 is 0 Å². The van der Waals surface area contributed by atoms with Gasteiger partial charge in [0.05, 0.1) is 11.1 Å². The molecule has 2 N–H and O–H groups in total. The van der Waals surface area contributed by atoms with Crippen LogP contribution in [0, 0.1) is 18.3 Å². The van der Waals surface area contributed by atoms with Gasteiger partial charge in [0.25, 0.3) is 11.8 Å². The molecule has 1 unspecified atom stereocenters. The molecule has 0 aliphatic heterocycles. The van der Waals surface area contributed by atoms with Crippen LogP contribution in [0.25, 0.3) is 0 Å². The molecule has 2 rings (SSSR count). The molecular formula is C16H18F3N3O. The number of terminal acetylenes is 1. The summed E-state index contributed by atoms with van der Waals surface area (Å²) >= 11 is 0. The Labute approximate surface area is 132 Å². The number of halogens is 3. The van der Waals surface area contributed by atoms with E-state index in [9.17, 15) is 18.0 Å². The fourth-order valence-corrected chi connectivity index (χ4v) is 2.23. The van der Waals surface area contributed by atoms with E-state index in [4.69, 9.17) is 6.42 Å². The molecular weight excluding hydrogens is 307 g/mol. The van der Waals surface area contributed by atoms with Gasteiger partial charge >= 0.3 is 0 Å². The van der Waals surface area contributed by atoms with E-state index in [0.717, 1.165) is 6.07 Å². The first-order chi connectivity index (χ1) is 10.7. The van der Waals surface area contributed by atoms with Crippen LogP contribution in [0.15, 0.2) is 12.1 Å². The highest BCUT2D eigenvalue weighted by molar-refractivity contribution is 5.99. The number of carbonyl (C=O) groups is 1. The van der Waals surface area contributed by atoms with Gasteiger partial charge in [0, 0.05) is 18.9 Å².